The number of amides is 1. The van der Waals surface area contributed by atoms with Crippen molar-refractivity contribution in [2.75, 3.05) is 18.4 Å². The van der Waals surface area contributed by atoms with Crippen LogP contribution in [-0.4, -0.2) is 36.7 Å². The number of pyridine rings is 1. The van der Waals surface area contributed by atoms with Gasteiger partial charge in [-0.15, -0.1) is 0 Å². The lowest BCUT2D eigenvalue weighted by molar-refractivity contribution is 0.102. The third-order valence-electron chi connectivity index (χ3n) is 5.36. The van der Waals surface area contributed by atoms with E-state index in [1.165, 1.54) is 22.5 Å². The number of sulfonamides is 1. The van der Waals surface area contributed by atoms with Gasteiger partial charge in [0.2, 0.25) is 15.6 Å². The molecule has 1 aromatic heterocycles. The van der Waals surface area contributed by atoms with Gasteiger partial charge in [-0.25, -0.2) is 8.42 Å². The van der Waals surface area contributed by atoms with Crippen LogP contribution in [0.25, 0.3) is 10.9 Å². The van der Waals surface area contributed by atoms with E-state index in [9.17, 15) is 18.0 Å². The largest absolute Gasteiger partial charge is 0.322 e. The van der Waals surface area contributed by atoms with Crippen LogP contribution in [0.5, 0.6) is 0 Å². The second-order valence-electron chi connectivity index (χ2n) is 7.68. The Morgan fingerprint density at radius 1 is 1.13 bits per heavy atom. The van der Waals surface area contributed by atoms with Crippen LogP contribution in [0.1, 0.15) is 30.1 Å². The number of nitrogens with zero attached hydrogens (tertiary/aromatic N) is 1. The second kappa shape index (κ2) is 8.04. The van der Waals surface area contributed by atoms with Gasteiger partial charge < -0.3 is 10.3 Å². The van der Waals surface area contributed by atoms with Crippen molar-refractivity contribution >= 4 is 32.5 Å². The summed E-state index contributed by atoms with van der Waals surface area (Å²) >= 11 is 0. The van der Waals surface area contributed by atoms with Crippen molar-refractivity contribution in [2.45, 2.75) is 24.7 Å². The molecular formula is C22H23N3O4S. The lowest BCUT2D eigenvalue weighted by Gasteiger charge is -2.30. The minimum Gasteiger partial charge on any atom is -0.322 e. The number of H-pyrrole nitrogens is 1. The van der Waals surface area contributed by atoms with Crippen molar-refractivity contribution in [3.05, 3.63) is 70.5 Å². The lowest BCUT2D eigenvalue weighted by Crippen LogP contribution is -2.39. The first-order chi connectivity index (χ1) is 14.3. The number of piperidine rings is 1. The summed E-state index contributed by atoms with van der Waals surface area (Å²) in [5, 5.41) is 3.38. The van der Waals surface area contributed by atoms with Crippen molar-refractivity contribution < 1.29 is 13.2 Å². The van der Waals surface area contributed by atoms with Gasteiger partial charge >= 0.3 is 0 Å². The van der Waals surface area contributed by atoms with Crippen LogP contribution < -0.4 is 10.9 Å². The van der Waals surface area contributed by atoms with Gasteiger partial charge in [-0.05, 0) is 49.1 Å². The monoisotopic (exact) mass is 425 g/mol. The van der Waals surface area contributed by atoms with E-state index in [1.54, 1.807) is 36.4 Å². The fourth-order valence-electron chi connectivity index (χ4n) is 3.81. The highest BCUT2D eigenvalue weighted by Crippen LogP contribution is 2.25. The number of hydrogen-bond acceptors (Lipinski definition) is 4. The number of aromatic nitrogens is 1. The third kappa shape index (κ3) is 4.01. The van der Waals surface area contributed by atoms with Crippen LogP contribution in [0, 0.1) is 5.92 Å². The van der Waals surface area contributed by atoms with E-state index < -0.39 is 15.9 Å². The van der Waals surface area contributed by atoms with Crippen molar-refractivity contribution in [3.63, 3.8) is 0 Å². The van der Waals surface area contributed by atoms with E-state index in [1.807, 2.05) is 0 Å². The van der Waals surface area contributed by atoms with Gasteiger partial charge in [0.05, 0.1) is 10.5 Å². The van der Waals surface area contributed by atoms with Gasteiger partial charge in [0, 0.05) is 35.7 Å². The topological polar surface area (TPSA) is 99.3 Å². The molecular weight excluding hydrogens is 402 g/mol. The summed E-state index contributed by atoms with van der Waals surface area (Å²) in [7, 11) is -3.55. The maximum Gasteiger partial charge on any atom is 0.256 e. The molecule has 1 aliphatic heterocycles. The number of para-hydroxylation sites is 1. The fourth-order valence-corrected chi connectivity index (χ4v) is 5.41. The predicted molar refractivity (Wildman–Crippen MR) is 116 cm³/mol. The Labute approximate surface area is 174 Å². The first-order valence-corrected chi connectivity index (χ1v) is 11.3. The summed E-state index contributed by atoms with van der Waals surface area (Å²) in [5.74, 6) is -0.0892. The molecule has 1 saturated heterocycles. The molecule has 1 unspecified atom stereocenters. The SMILES string of the molecule is CC1CCCN(S(=O)(=O)c2ccc(NC(=O)c3cc(=O)[nH]c4ccccc34)cc2)C1. The van der Waals surface area contributed by atoms with Crippen LogP contribution in [0.15, 0.2) is 64.3 Å². The van der Waals surface area contributed by atoms with E-state index in [0.717, 1.165) is 12.8 Å². The van der Waals surface area contributed by atoms with Gasteiger partial charge in [-0.3, -0.25) is 9.59 Å². The van der Waals surface area contributed by atoms with E-state index >= 15 is 0 Å². The first kappa shape index (κ1) is 20.3. The number of benzene rings is 2. The molecule has 4 rings (SSSR count). The maximum atomic E-state index is 12.9. The number of hydrogen-bond donors (Lipinski definition) is 2. The van der Waals surface area contributed by atoms with E-state index in [0.29, 0.717) is 35.6 Å². The molecule has 1 aliphatic rings. The molecule has 8 heteroatoms. The number of rotatable bonds is 4. The summed E-state index contributed by atoms with van der Waals surface area (Å²) in [6.07, 6.45) is 1.90. The van der Waals surface area contributed by atoms with Crippen LogP contribution in [0.4, 0.5) is 5.69 Å². The smallest absolute Gasteiger partial charge is 0.256 e. The quantitative estimate of drug-likeness (QED) is 0.670. The van der Waals surface area contributed by atoms with Crippen molar-refractivity contribution in [2.24, 2.45) is 5.92 Å². The zero-order valence-electron chi connectivity index (χ0n) is 16.6. The maximum absolute atomic E-state index is 12.9. The van der Waals surface area contributed by atoms with E-state index in [-0.39, 0.29) is 16.0 Å². The molecule has 1 fully saturated rings. The molecule has 0 aliphatic carbocycles. The molecule has 0 radical (unpaired) electrons. The van der Waals surface area contributed by atoms with Crippen molar-refractivity contribution in [1.29, 1.82) is 0 Å². The molecule has 156 valence electrons. The van der Waals surface area contributed by atoms with Crippen molar-refractivity contribution in [1.82, 2.24) is 9.29 Å². The minimum absolute atomic E-state index is 0.205. The van der Waals surface area contributed by atoms with E-state index in [4.69, 9.17) is 0 Å². The molecule has 30 heavy (non-hydrogen) atoms. The Balaban J connectivity index is 1.56. The molecule has 0 bridgehead atoms. The molecule has 1 atom stereocenters. The molecule has 1 amide bonds. The van der Waals surface area contributed by atoms with Crippen LogP contribution in [0.3, 0.4) is 0 Å². The Morgan fingerprint density at radius 3 is 2.60 bits per heavy atom. The Morgan fingerprint density at radius 2 is 1.87 bits per heavy atom. The van der Waals surface area contributed by atoms with Gasteiger partial charge in [0.1, 0.15) is 0 Å². The number of nitrogens with one attached hydrogen (secondary N) is 2. The highest BCUT2D eigenvalue weighted by atomic mass is 32.2. The van der Waals surface area contributed by atoms with Crippen LogP contribution >= 0.6 is 0 Å². The van der Waals surface area contributed by atoms with Gasteiger partial charge in [0.25, 0.3) is 5.91 Å². The molecule has 3 aromatic rings. The standard InChI is InChI=1S/C22H23N3O4S/c1-15-5-4-12-25(14-15)30(28,29)17-10-8-16(9-11-17)23-22(27)19-13-21(26)24-20-7-3-2-6-18(19)20/h2-3,6-11,13,15H,4-5,12,14H2,1H3,(H,23,27)(H,24,26). The molecule has 0 saturated carbocycles. The number of fused-ring (bicyclic) bond motifs is 1. The Bertz CT molecular complexity index is 1250. The van der Waals surface area contributed by atoms with Crippen molar-refractivity contribution in [3.8, 4) is 0 Å². The predicted octanol–water partition coefficient (Wildman–Crippen LogP) is 3.20. The van der Waals surface area contributed by atoms with E-state index in [2.05, 4.69) is 17.2 Å². The highest BCUT2D eigenvalue weighted by Gasteiger charge is 2.28. The number of carbonyl (C=O) groups is 1. The third-order valence-corrected chi connectivity index (χ3v) is 7.24. The second-order valence-corrected chi connectivity index (χ2v) is 9.62. The Kier molecular flexibility index (Phi) is 5.44. The Hall–Kier alpha value is -2.97. The highest BCUT2D eigenvalue weighted by molar-refractivity contribution is 7.89. The summed E-state index contributed by atoms with van der Waals surface area (Å²) < 4.78 is 27.3. The zero-order valence-corrected chi connectivity index (χ0v) is 17.4. The van der Waals surface area contributed by atoms with Crippen LogP contribution in [0.2, 0.25) is 0 Å². The van der Waals surface area contributed by atoms with Gasteiger partial charge in [-0.1, -0.05) is 25.1 Å². The first-order valence-electron chi connectivity index (χ1n) is 9.88. The average Bonchev–Trinajstić information content (AvgIpc) is 2.73. The number of aromatic amines is 1. The summed E-state index contributed by atoms with van der Waals surface area (Å²) in [6, 6.07) is 14.4. The van der Waals surface area contributed by atoms with Gasteiger partial charge in [-0.2, -0.15) is 4.31 Å². The molecule has 2 heterocycles. The number of carbonyl (C=O) groups excluding carboxylic acids is 1. The minimum atomic E-state index is -3.55. The lowest BCUT2D eigenvalue weighted by atomic mass is 10.0. The summed E-state index contributed by atoms with van der Waals surface area (Å²) in [4.78, 5) is 27.5. The average molecular weight is 426 g/mol. The molecule has 0 spiro atoms. The van der Waals surface area contributed by atoms with Gasteiger partial charge in [0.15, 0.2) is 0 Å². The summed E-state index contributed by atoms with van der Waals surface area (Å²) in [5.41, 5.74) is 0.923. The molecule has 2 aromatic carbocycles. The fraction of sp³-hybridized carbons (Fsp3) is 0.273. The number of anilines is 1. The molecule has 2 N–H and O–H groups in total. The normalized spacial score (nSPS) is 17.7. The molecule has 7 nitrogen and oxygen atoms in total. The zero-order chi connectivity index (χ0) is 21.3. The summed E-state index contributed by atoms with van der Waals surface area (Å²) in [6.45, 7) is 3.11. The van der Waals surface area contributed by atoms with Crippen LogP contribution in [-0.2, 0) is 10.0 Å².